The molecular formula is C18H17N7O3S. The Labute approximate surface area is 168 Å². The highest BCUT2D eigenvalue weighted by Gasteiger charge is 2.19. The van der Waals surface area contributed by atoms with Gasteiger partial charge in [0.05, 0.1) is 29.1 Å². The van der Waals surface area contributed by atoms with Crippen LogP contribution in [0.2, 0.25) is 0 Å². The van der Waals surface area contributed by atoms with Crippen molar-refractivity contribution in [3.05, 3.63) is 52.9 Å². The molecule has 148 valence electrons. The van der Waals surface area contributed by atoms with Gasteiger partial charge in [-0.05, 0) is 59.8 Å². The maximum atomic E-state index is 12.6. The number of ether oxygens (including phenoxy) is 1. The maximum Gasteiger partial charge on any atom is 0.323 e. The van der Waals surface area contributed by atoms with Crippen molar-refractivity contribution >= 4 is 34.4 Å². The number of rotatable bonds is 6. The standard InChI is InChI=1S/C18H17N7O3S/c1-10(16(26)19-11-3-8-14-15(9-11)21-17(27)20-14)29-18-22-23-24-25(18)12-4-6-13(28-2)7-5-12/h3-10H,1-2H3,(H,19,26)(H2,20,21,27)/t10-/m1/s1. The SMILES string of the molecule is COc1ccc(-n2nnnc2S[C@H](C)C(=O)Nc2ccc3[nH]c(=O)[nH]c3c2)cc1. The Morgan fingerprint density at radius 1 is 1.17 bits per heavy atom. The normalized spacial score (nSPS) is 12.1. The number of thioether (sulfide) groups is 1. The van der Waals surface area contributed by atoms with E-state index in [1.807, 2.05) is 24.3 Å². The van der Waals surface area contributed by atoms with Crippen molar-refractivity contribution in [1.29, 1.82) is 0 Å². The summed E-state index contributed by atoms with van der Waals surface area (Å²) in [5.74, 6) is 0.515. The van der Waals surface area contributed by atoms with Gasteiger partial charge in [-0.2, -0.15) is 4.68 Å². The molecule has 1 atom stereocenters. The van der Waals surface area contributed by atoms with Gasteiger partial charge in [0.15, 0.2) is 0 Å². The van der Waals surface area contributed by atoms with Crippen LogP contribution in [0.5, 0.6) is 5.75 Å². The molecule has 10 nitrogen and oxygen atoms in total. The van der Waals surface area contributed by atoms with E-state index in [-0.39, 0.29) is 11.6 Å². The van der Waals surface area contributed by atoms with Crippen LogP contribution in [0, 0.1) is 0 Å². The summed E-state index contributed by atoms with van der Waals surface area (Å²) in [5.41, 5.74) is 2.34. The maximum absolute atomic E-state index is 12.6. The number of hydrogen-bond acceptors (Lipinski definition) is 7. The predicted octanol–water partition coefficient (Wildman–Crippen LogP) is 1.96. The summed E-state index contributed by atoms with van der Waals surface area (Å²) in [7, 11) is 1.60. The number of imidazole rings is 1. The lowest BCUT2D eigenvalue weighted by Gasteiger charge is -2.12. The molecule has 0 fully saturated rings. The first-order valence-electron chi connectivity index (χ1n) is 8.66. The van der Waals surface area contributed by atoms with E-state index in [1.54, 1.807) is 36.9 Å². The second kappa shape index (κ2) is 7.80. The van der Waals surface area contributed by atoms with E-state index in [2.05, 4.69) is 30.8 Å². The molecule has 0 saturated carbocycles. The number of methoxy groups -OCH3 is 1. The van der Waals surface area contributed by atoms with E-state index in [0.29, 0.717) is 21.9 Å². The molecule has 4 rings (SSSR count). The van der Waals surface area contributed by atoms with Crippen LogP contribution in [0.15, 0.2) is 52.4 Å². The van der Waals surface area contributed by atoms with Crippen molar-refractivity contribution in [2.75, 3.05) is 12.4 Å². The van der Waals surface area contributed by atoms with Crippen molar-refractivity contribution in [2.24, 2.45) is 0 Å². The fourth-order valence-electron chi connectivity index (χ4n) is 2.70. The molecule has 2 aromatic heterocycles. The van der Waals surface area contributed by atoms with E-state index < -0.39 is 5.25 Å². The Kier molecular flexibility index (Phi) is 5.04. The second-order valence-electron chi connectivity index (χ2n) is 6.16. The largest absolute Gasteiger partial charge is 0.497 e. The molecule has 1 amide bonds. The van der Waals surface area contributed by atoms with E-state index in [0.717, 1.165) is 11.4 Å². The zero-order chi connectivity index (χ0) is 20.4. The number of carbonyl (C=O) groups is 1. The molecule has 0 unspecified atom stereocenters. The van der Waals surface area contributed by atoms with Crippen LogP contribution in [-0.4, -0.2) is 48.4 Å². The molecule has 0 aliphatic heterocycles. The van der Waals surface area contributed by atoms with Gasteiger partial charge < -0.3 is 20.0 Å². The van der Waals surface area contributed by atoms with Crippen molar-refractivity contribution < 1.29 is 9.53 Å². The highest BCUT2D eigenvalue weighted by Crippen LogP contribution is 2.25. The van der Waals surface area contributed by atoms with Gasteiger partial charge in [-0.25, -0.2) is 4.79 Å². The quantitative estimate of drug-likeness (QED) is 0.413. The molecule has 29 heavy (non-hydrogen) atoms. The predicted molar refractivity (Wildman–Crippen MR) is 109 cm³/mol. The summed E-state index contributed by atoms with van der Waals surface area (Å²) < 4.78 is 6.72. The summed E-state index contributed by atoms with van der Waals surface area (Å²) >= 11 is 1.24. The summed E-state index contributed by atoms with van der Waals surface area (Å²) in [6.45, 7) is 1.77. The third-order valence-corrected chi connectivity index (χ3v) is 5.23. The molecular weight excluding hydrogens is 394 g/mol. The van der Waals surface area contributed by atoms with E-state index >= 15 is 0 Å². The third kappa shape index (κ3) is 3.99. The summed E-state index contributed by atoms with van der Waals surface area (Å²) in [4.78, 5) is 29.3. The average Bonchev–Trinajstić information content (AvgIpc) is 3.33. The molecule has 0 saturated heterocycles. The summed E-state index contributed by atoms with van der Waals surface area (Å²) in [5, 5.41) is 14.6. The zero-order valence-electron chi connectivity index (χ0n) is 15.5. The minimum Gasteiger partial charge on any atom is -0.497 e. The highest BCUT2D eigenvalue weighted by molar-refractivity contribution is 8.00. The van der Waals surface area contributed by atoms with Crippen LogP contribution in [0.1, 0.15) is 6.92 Å². The van der Waals surface area contributed by atoms with Crippen LogP contribution in [-0.2, 0) is 4.79 Å². The Bertz CT molecular complexity index is 1210. The van der Waals surface area contributed by atoms with Crippen LogP contribution in [0.4, 0.5) is 5.69 Å². The number of benzene rings is 2. The molecule has 2 aromatic carbocycles. The Morgan fingerprint density at radius 3 is 2.69 bits per heavy atom. The number of tetrazole rings is 1. The smallest absolute Gasteiger partial charge is 0.323 e. The first kappa shape index (κ1) is 18.7. The fraction of sp³-hybridized carbons (Fsp3) is 0.167. The number of aromatic nitrogens is 6. The fourth-order valence-corrected chi connectivity index (χ4v) is 3.51. The lowest BCUT2D eigenvalue weighted by Crippen LogP contribution is -2.22. The van der Waals surface area contributed by atoms with Crippen LogP contribution in [0.3, 0.4) is 0 Å². The Hall–Kier alpha value is -3.60. The number of amides is 1. The van der Waals surface area contributed by atoms with Crippen LogP contribution in [0.25, 0.3) is 16.7 Å². The number of carbonyl (C=O) groups excluding carboxylic acids is 1. The monoisotopic (exact) mass is 411 g/mol. The lowest BCUT2D eigenvalue weighted by atomic mass is 10.2. The number of aromatic amines is 2. The molecule has 0 bridgehead atoms. The number of nitrogens with one attached hydrogen (secondary N) is 3. The summed E-state index contributed by atoms with van der Waals surface area (Å²) in [6, 6.07) is 12.4. The number of nitrogens with zero attached hydrogens (tertiary/aromatic N) is 4. The minimum atomic E-state index is -0.459. The van der Waals surface area contributed by atoms with Gasteiger partial charge in [0.1, 0.15) is 5.75 Å². The lowest BCUT2D eigenvalue weighted by molar-refractivity contribution is -0.115. The van der Waals surface area contributed by atoms with Gasteiger partial charge >= 0.3 is 5.69 Å². The number of fused-ring (bicyclic) bond motifs is 1. The van der Waals surface area contributed by atoms with Crippen LogP contribution < -0.4 is 15.7 Å². The van der Waals surface area contributed by atoms with Crippen molar-refractivity contribution in [3.63, 3.8) is 0 Å². The zero-order valence-corrected chi connectivity index (χ0v) is 16.4. The third-order valence-electron chi connectivity index (χ3n) is 4.19. The first-order chi connectivity index (χ1) is 14.0. The molecule has 0 radical (unpaired) electrons. The van der Waals surface area contributed by atoms with Gasteiger partial charge in [0.25, 0.3) is 0 Å². The highest BCUT2D eigenvalue weighted by atomic mass is 32.2. The Morgan fingerprint density at radius 2 is 1.93 bits per heavy atom. The Balaban J connectivity index is 1.47. The number of hydrogen-bond donors (Lipinski definition) is 3. The summed E-state index contributed by atoms with van der Waals surface area (Å²) in [6.07, 6.45) is 0. The minimum absolute atomic E-state index is 0.212. The van der Waals surface area contributed by atoms with Gasteiger partial charge in [0.2, 0.25) is 11.1 Å². The molecule has 0 spiro atoms. The second-order valence-corrected chi connectivity index (χ2v) is 7.47. The molecule has 4 aromatic rings. The van der Waals surface area contributed by atoms with Crippen molar-refractivity contribution in [2.45, 2.75) is 17.3 Å². The molecule has 0 aliphatic rings. The van der Waals surface area contributed by atoms with E-state index in [1.165, 1.54) is 11.8 Å². The molecule has 11 heteroatoms. The van der Waals surface area contributed by atoms with E-state index in [9.17, 15) is 9.59 Å². The molecule has 0 aliphatic carbocycles. The van der Waals surface area contributed by atoms with Crippen molar-refractivity contribution in [3.8, 4) is 11.4 Å². The van der Waals surface area contributed by atoms with Gasteiger partial charge in [-0.3, -0.25) is 4.79 Å². The number of anilines is 1. The van der Waals surface area contributed by atoms with E-state index in [4.69, 9.17) is 4.74 Å². The average molecular weight is 411 g/mol. The van der Waals surface area contributed by atoms with Crippen LogP contribution >= 0.6 is 11.8 Å². The van der Waals surface area contributed by atoms with Gasteiger partial charge in [0, 0.05) is 5.69 Å². The first-order valence-corrected chi connectivity index (χ1v) is 9.54. The van der Waals surface area contributed by atoms with Crippen molar-refractivity contribution in [1.82, 2.24) is 30.2 Å². The number of H-pyrrole nitrogens is 2. The molecule has 3 N–H and O–H groups in total. The molecule has 2 heterocycles. The van der Waals surface area contributed by atoms with Gasteiger partial charge in [-0.15, -0.1) is 5.10 Å². The topological polar surface area (TPSA) is 131 Å². The van der Waals surface area contributed by atoms with Gasteiger partial charge in [-0.1, -0.05) is 11.8 Å².